The molecule has 2 heterocycles. The monoisotopic (exact) mass is 482 g/mol. The quantitative estimate of drug-likeness (QED) is 0.550. The summed E-state index contributed by atoms with van der Waals surface area (Å²) in [6.07, 6.45) is -2.03. The fourth-order valence-electron chi connectivity index (χ4n) is 3.60. The Labute approximate surface area is 186 Å². The molecule has 0 spiro atoms. The summed E-state index contributed by atoms with van der Waals surface area (Å²) < 4.78 is 75.8. The number of halogens is 4. The van der Waals surface area contributed by atoms with Crippen molar-refractivity contribution in [2.45, 2.75) is 24.3 Å². The van der Waals surface area contributed by atoms with Gasteiger partial charge in [-0.2, -0.15) is 13.2 Å². The van der Waals surface area contributed by atoms with Crippen LogP contribution >= 0.6 is 0 Å². The number of sulfone groups is 1. The second-order valence-electron chi connectivity index (χ2n) is 7.60. The number of carbonyl (C=O) groups excluding carboxylic acids is 1. The number of rotatable bonds is 4. The van der Waals surface area contributed by atoms with E-state index in [9.17, 15) is 30.8 Å². The molecule has 4 rings (SSSR count). The zero-order valence-corrected chi connectivity index (χ0v) is 18.0. The van der Waals surface area contributed by atoms with Crippen molar-refractivity contribution in [1.29, 1.82) is 0 Å². The molecule has 1 aliphatic rings. The Hall–Kier alpha value is -3.41. The topological polar surface area (TPSA) is 95.2 Å². The Morgan fingerprint density at radius 1 is 1.18 bits per heavy atom. The normalized spacial score (nSPS) is 14.2. The van der Waals surface area contributed by atoms with Crippen LogP contribution in [0.4, 0.5) is 28.9 Å². The molecule has 0 unspecified atom stereocenters. The van der Waals surface area contributed by atoms with Crippen molar-refractivity contribution in [2.75, 3.05) is 18.1 Å². The summed E-state index contributed by atoms with van der Waals surface area (Å²) in [6.45, 7) is 0.501. The molecule has 12 heteroatoms. The number of nitrogens with zero attached hydrogens (tertiary/aromatic N) is 2. The van der Waals surface area contributed by atoms with Crippen molar-refractivity contribution in [1.82, 2.24) is 14.9 Å². The van der Waals surface area contributed by atoms with Gasteiger partial charge in [0.25, 0.3) is 5.91 Å². The van der Waals surface area contributed by atoms with Gasteiger partial charge in [0.2, 0.25) is 15.0 Å². The third-order valence-electron chi connectivity index (χ3n) is 5.24. The first-order valence-electron chi connectivity index (χ1n) is 9.73. The van der Waals surface area contributed by atoms with Crippen LogP contribution in [0.5, 0.6) is 0 Å². The minimum Gasteiger partial charge on any atom is -0.353 e. The van der Waals surface area contributed by atoms with Crippen LogP contribution in [0.2, 0.25) is 0 Å². The maximum absolute atomic E-state index is 14.3. The van der Waals surface area contributed by atoms with Gasteiger partial charge in [-0.3, -0.25) is 4.79 Å². The second kappa shape index (κ2) is 8.18. The Morgan fingerprint density at radius 3 is 2.58 bits per heavy atom. The highest BCUT2D eigenvalue weighted by Gasteiger charge is 2.31. The van der Waals surface area contributed by atoms with E-state index in [2.05, 4.69) is 15.3 Å². The van der Waals surface area contributed by atoms with Crippen molar-refractivity contribution in [3.8, 4) is 0 Å². The fourth-order valence-corrected chi connectivity index (χ4v) is 4.14. The van der Waals surface area contributed by atoms with Gasteiger partial charge in [0.1, 0.15) is 11.5 Å². The van der Waals surface area contributed by atoms with Gasteiger partial charge >= 0.3 is 6.18 Å². The number of aromatic amines is 1. The molecule has 0 aliphatic carbocycles. The lowest BCUT2D eigenvalue weighted by Gasteiger charge is -2.30. The lowest BCUT2D eigenvalue weighted by atomic mass is 9.97. The van der Waals surface area contributed by atoms with E-state index in [0.29, 0.717) is 24.7 Å². The van der Waals surface area contributed by atoms with Crippen LogP contribution in [0, 0.1) is 5.82 Å². The molecular weight excluding hydrogens is 464 g/mol. The largest absolute Gasteiger partial charge is 0.416 e. The predicted molar refractivity (Wildman–Crippen MR) is 111 cm³/mol. The van der Waals surface area contributed by atoms with Gasteiger partial charge < -0.3 is 15.2 Å². The van der Waals surface area contributed by atoms with E-state index in [4.69, 9.17) is 0 Å². The minimum atomic E-state index is -4.64. The molecule has 0 bridgehead atoms. The summed E-state index contributed by atoms with van der Waals surface area (Å²) in [4.78, 5) is 20.6. The smallest absolute Gasteiger partial charge is 0.353 e. The van der Waals surface area contributed by atoms with Crippen LogP contribution in [-0.2, 0) is 29.0 Å². The highest BCUT2D eigenvalue weighted by molar-refractivity contribution is 7.90. The molecule has 1 aromatic heterocycles. The molecule has 2 N–H and O–H groups in total. The number of hydrogen-bond donors (Lipinski definition) is 2. The molecule has 7 nitrogen and oxygen atoms in total. The van der Waals surface area contributed by atoms with Crippen LogP contribution in [-0.4, -0.2) is 42.0 Å². The maximum atomic E-state index is 14.3. The number of benzene rings is 2. The molecule has 174 valence electrons. The molecule has 0 saturated heterocycles. The van der Waals surface area contributed by atoms with E-state index in [0.717, 1.165) is 29.5 Å². The van der Waals surface area contributed by atoms with E-state index in [1.54, 1.807) is 18.2 Å². The van der Waals surface area contributed by atoms with E-state index in [1.807, 2.05) is 0 Å². The number of imidazole rings is 1. The minimum absolute atomic E-state index is 0.0278. The number of anilines is 2. The average molecular weight is 482 g/mol. The summed E-state index contributed by atoms with van der Waals surface area (Å²) in [5.41, 5.74) is 0.898. The zero-order chi connectivity index (χ0) is 24.0. The SMILES string of the molecule is CS(=O)(=O)c1nc(C(=O)N2CCc3c(cccc3Nc3ccc(C(F)(F)F)cc3F)C2)c[nH]1. The van der Waals surface area contributed by atoms with Gasteiger partial charge in [0.05, 0.1) is 11.3 Å². The van der Waals surface area contributed by atoms with Crippen molar-refractivity contribution >= 4 is 27.1 Å². The first-order chi connectivity index (χ1) is 15.4. The Bertz CT molecular complexity index is 1340. The fraction of sp³-hybridized carbons (Fsp3) is 0.238. The summed E-state index contributed by atoms with van der Waals surface area (Å²) in [5.74, 6) is -1.48. The maximum Gasteiger partial charge on any atom is 0.416 e. The van der Waals surface area contributed by atoms with E-state index >= 15 is 0 Å². The number of aromatic nitrogens is 2. The Morgan fingerprint density at radius 2 is 1.94 bits per heavy atom. The van der Waals surface area contributed by atoms with Gasteiger partial charge in [0.15, 0.2) is 0 Å². The van der Waals surface area contributed by atoms with Crippen LogP contribution in [0.15, 0.2) is 47.8 Å². The molecule has 2 aromatic carbocycles. The standard InChI is InChI=1S/C21H18F4N4O3S/c1-33(31,32)20-26-10-18(28-20)19(30)29-8-7-14-12(11-29)3-2-4-16(14)27-17-6-5-13(9-15(17)22)21(23,24)25/h2-6,9-10,27H,7-8,11H2,1H3,(H,26,28). The van der Waals surface area contributed by atoms with Crippen LogP contribution in [0.3, 0.4) is 0 Å². The van der Waals surface area contributed by atoms with Crippen LogP contribution in [0.1, 0.15) is 27.2 Å². The van der Waals surface area contributed by atoms with E-state index < -0.39 is 33.3 Å². The van der Waals surface area contributed by atoms with Gasteiger partial charge in [-0.25, -0.2) is 17.8 Å². The van der Waals surface area contributed by atoms with Gasteiger partial charge in [-0.05, 0) is 41.8 Å². The molecule has 0 radical (unpaired) electrons. The summed E-state index contributed by atoms with van der Waals surface area (Å²) in [7, 11) is -3.58. The summed E-state index contributed by atoms with van der Waals surface area (Å²) in [5, 5.41) is 2.55. The predicted octanol–water partition coefficient (Wildman–Crippen LogP) is 3.91. The molecule has 33 heavy (non-hydrogen) atoms. The lowest BCUT2D eigenvalue weighted by molar-refractivity contribution is -0.137. The molecular formula is C21H18F4N4O3S. The van der Waals surface area contributed by atoms with Crippen molar-refractivity contribution in [2.24, 2.45) is 0 Å². The van der Waals surface area contributed by atoms with Gasteiger partial charge in [-0.15, -0.1) is 0 Å². The van der Waals surface area contributed by atoms with Crippen LogP contribution in [0.25, 0.3) is 0 Å². The summed E-state index contributed by atoms with van der Waals surface area (Å²) >= 11 is 0. The van der Waals surface area contributed by atoms with E-state index in [-0.39, 0.29) is 23.1 Å². The number of hydrogen-bond acceptors (Lipinski definition) is 5. The number of nitrogens with one attached hydrogen (secondary N) is 2. The summed E-state index contributed by atoms with van der Waals surface area (Å²) in [6, 6.07) is 7.43. The van der Waals surface area contributed by atoms with Crippen molar-refractivity contribution < 1.29 is 30.8 Å². The Balaban J connectivity index is 1.54. The first-order valence-corrected chi connectivity index (χ1v) is 11.6. The van der Waals surface area contributed by atoms with E-state index in [1.165, 1.54) is 11.1 Å². The third kappa shape index (κ3) is 4.70. The molecule has 0 fully saturated rings. The second-order valence-corrected chi connectivity index (χ2v) is 9.53. The molecule has 0 saturated carbocycles. The number of amides is 1. The molecule has 1 aliphatic heterocycles. The number of carbonyl (C=O) groups is 1. The Kier molecular flexibility index (Phi) is 5.64. The number of alkyl halides is 3. The van der Waals surface area contributed by atoms with Crippen molar-refractivity contribution in [3.05, 3.63) is 70.8 Å². The highest BCUT2D eigenvalue weighted by atomic mass is 32.2. The van der Waals surface area contributed by atoms with Crippen LogP contribution < -0.4 is 5.32 Å². The molecule has 0 atom stereocenters. The third-order valence-corrected chi connectivity index (χ3v) is 6.16. The average Bonchev–Trinajstić information content (AvgIpc) is 3.24. The van der Waals surface area contributed by atoms with Gasteiger partial charge in [0, 0.05) is 31.2 Å². The lowest BCUT2D eigenvalue weighted by Crippen LogP contribution is -2.36. The van der Waals surface area contributed by atoms with Crippen molar-refractivity contribution in [3.63, 3.8) is 0 Å². The number of fused-ring (bicyclic) bond motifs is 1. The van der Waals surface area contributed by atoms with Gasteiger partial charge in [-0.1, -0.05) is 12.1 Å². The number of H-pyrrole nitrogens is 1. The zero-order valence-electron chi connectivity index (χ0n) is 17.2. The first kappa shape index (κ1) is 22.8. The molecule has 1 amide bonds. The molecule has 3 aromatic rings. The highest BCUT2D eigenvalue weighted by Crippen LogP contribution is 2.34.